The minimum Gasteiger partial charge on any atom is -0.312 e. The number of likely N-dealkylation sites (N-methyl/N-ethyl adjacent to an activating group) is 1. The molecule has 0 saturated carbocycles. The highest BCUT2D eigenvalue weighted by Gasteiger charge is 2.12. The summed E-state index contributed by atoms with van der Waals surface area (Å²) in [5.74, 6) is 0. The van der Waals surface area contributed by atoms with Crippen LogP contribution in [0.25, 0.3) is 0 Å². The van der Waals surface area contributed by atoms with Gasteiger partial charge in [0.15, 0.2) is 0 Å². The van der Waals surface area contributed by atoms with Gasteiger partial charge in [0.1, 0.15) is 0 Å². The van der Waals surface area contributed by atoms with E-state index in [1.165, 1.54) is 11.1 Å². The Morgan fingerprint density at radius 2 is 2.00 bits per heavy atom. The average Bonchev–Trinajstić information content (AvgIpc) is 2.76. The van der Waals surface area contributed by atoms with Gasteiger partial charge in [0.2, 0.25) is 0 Å². The highest BCUT2D eigenvalue weighted by Crippen LogP contribution is 2.15. The van der Waals surface area contributed by atoms with Crippen LogP contribution in [0.1, 0.15) is 24.1 Å². The largest absolute Gasteiger partial charge is 0.328 e. The van der Waals surface area contributed by atoms with Gasteiger partial charge in [-0.25, -0.2) is 4.79 Å². The Labute approximate surface area is 113 Å². The minimum absolute atomic E-state index is 0.0513. The van der Waals surface area contributed by atoms with Crippen molar-refractivity contribution < 1.29 is 0 Å². The molecule has 4 heteroatoms. The van der Waals surface area contributed by atoms with E-state index in [0.717, 1.165) is 0 Å². The summed E-state index contributed by atoms with van der Waals surface area (Å²) in [5.41, 5.74) is 2.49. The molecule has 0 aliphatic carbocycles. The second kappa shape index (κ2) is 5.89. The maximum atomic E-state index is 12.0. The van der Waals surface area contributed by atoms with Crippen LogP contribution >= 0.6 is 0 Å². The number of aryl methyl sites for hydroxylation is 2. The highest BCUT2D eigenvalue weighted by atomic mass is 16.1. The van der Waals surface area contributed by atoms with Crippen molar-refractivity contribution in [1.82, 2.24) is 14.5 Å². The van der Waals surface area contributed by atoms with Crippen LogP contribution in [-0.4, -0.2) is 16.2 Å². The van der Waals surface area contributed by atoms with E-state index in [1.807, 2.05) is 26.4 Å². The zero-order valence-corrected chi connectivity index (χ0v) is 11.8. The lowest BCUT2D eigenvalue weighted by atomic mass is 10.0. The molecule has 0 fully saturated rings. The van der Waals surface area contributed by atoms with Crippen molar-refractivity contribution in [1.29, 1.82) is 0 Å². The van der Waals surface area contributed by atoms with Gasteiger partial charge in [0.05, 0.1) is 6.04 Å². The van der Waals surface area contributed by atoms with Crippen molar-refractivity contribution in [2.75, 3.05) is 7.05 Å². The Morgan fingerprint density at radius 1 is 1.26 bits per heavy atom. The Morgan fingerprint density at radius 3 is 2.58 bits per heavy atom. The molecule has 4 nitrogen and oxygen atoms in total. The van der Waals surface area contributed by atoms with Crippen LogP contribution in [0.2, 0.25) is 0 Å². The van der Waals surface area contributed by atoms with Crippen LogP contribution in [0.3, 0.4) is 0 Å². The fourth-order valence-electron chi connectivity index (χ4n) is 2.28. The third kappa shape index (κ3) is 2.96. The lowest BCUT2D eigenvalue weighted by Crippen LogP contribution is -2.29. The fourth-order valence-corrected chi connectivity index (χ4v) is 2.28. The van der Waals surface area contributed by atoms with Crippen molar-refractivity contribution in [3.05, 3.63) is 58.3 Å². The van der Waals surface area contributed by atoms with Crippen LogP contribution < -0.4 is 11.0 Å². The third-order valence-electron chi connectivity index (χ3n) is 3.43. The summed E-state index contributed by atoms with van der Waals surface area (Å²) in [5, 5.41) is 3.28. The summed E-state index contributed by atoms with van der Waals surface area (Å²) in [4.78, 5) is 12.0. The Kier molecular flexibility index (Phi) is 4.22. The summed E-state index contributed by atoms with van der Waals surface area (Å²) in [6.07, 6.45) is 3.69. The molecule has 0 bridgehead atoms. The smallest absolute Gasteiger partial charge is 0.312 e. The number of nitrogens with one attached hydrogen (secondary N) is 1. The van der Waals surface area contributed by atoms with E-state index in [-0.39, 0.29) is 11.7 Å². The number of aromatic nitrogens is 2. The Balaban J connectivity index is 2.24. The van der Waals surface area contributed by atoms with Gasteiger partial charge >= 0.3 is 5.69 Å². The molecule has 1 unspecified atom stereocenters. The Hall–Kier alpha value is -1.81. The highest BCUT2D eigenvalue weighted by molar-refractivity contribution is 5.25. The van der Waals surface area contributed by atoms with Crippen LogP contribution in [0.5, 0.6) is 0 Å². The lowest BCUT2D eigenvalue weighted by Gasteiger charge is -2.17. The Bertz CT molecular complexity index is 597. The molecule has 0 amide bonds. The summed E-state index contributed by atoms with van der Waals surface area (Å²) >= 11 is 0. The first-order valence-corrected chi connectivity index (χ1v) is 6.65. The molecule has 0 radical (unpaired) electrons. The molecule has 1 aromatic heterocycles. The van der Waals surface area contributed by atoms with E-state index in [4.69, 9.17) is 0 Å². The zero-order chi connectivity index (χ0) is 13.8. The van der Waals surface area contributed by atoms with E-state index in [0.29, 0.717) is 13.1 Å². The topological polar surface area (TPSA) is 39.0 Å². The van der Waals surface area contributed by atoms with Crippen molar-refractivity contribution in [3.63, 3.8) is 0 Å². The number of imidazole rings is 1. The van der Waals surface area contributed by atoms with Gasteiger partial charge in [-0.2, -0.15) is 0 Å². The summed E-state index contributed by atoms with van der Waals surface area (Å²) in [6.45, 7) is 5.41. The molecule has 1 N–H and O–H groups in total. The second-order valence-corrected chi connectivity index (χ2v) is 4.77. The molecule has 2 aromatic rings. The predicted molar refractivity (Wildman–Crippen MR) is 77.3 cm³/mol. The SMILES string of the molecule is CCn1ccn(CC(NC)c2cccc(C)c2)c1=O. The monoisotopic (exact) mass is 259 g/mol. The molecule has 19 heavy (non-hydrogen) atoms. The van der Waals surface area contributed by atoms with Crippen molar-refractivity contribution >= 4 is 0 Å². The molecular weight excluding hydrogens is 238 g/mol. The molecule has 2 rings (SSSR count). The zero-order valence-electron chi connectivity index (χ0n) is 11.8. The molecule has 0 aliphatic rings. The molecule has 0 spiro atoms. The molecule has 0 saturated heterocycles. The first kappa shape index (κ1) is 13.6. The molecule has 1 aromatic carbocycles. The van der Waals surface area contributed by atoms with Gasteiger partial charge in [-0.1, -0.05) is 29.8 Å². The van der Waals surface area contributed by atoms with E-state index in [1.54, 1.807) is 9.13 Å². The normalized spacial score (nSPS) is 12.6. The van der Waals surface area contributed by atoms with Crippen LogP contribution in [0.4, 0.5) is 0 Å². The first-order valence-electron chi connectivity index (χ1n) is 6.65. The maximum Gasteiger partial charge on any atom is 0.328 e. The van der Waals surface area contributed by atoms with Crippen LogP contribution in [0, 0.1) is 6.92 Å². The fraction of sp³-hybridized carbons (Fsp3) is 0.400. The van der Waals surface area contributed by atoms with Crippen LogP contribution in [0.15, 0.2) is 41.5 Å². The summed E-state index contributed by atoms with van der Waals surface area (Å²) < 4.78 is 3.47. The third-order valence-corrected chi connectivity index (χ3v) is 3.43. The number of rotatable bonds is 5. The molecular formula is C15H21N3O. The maximum absolute atomic E-state index is 12.0. The van der Waals surface area contributed by atoms with Gasteiger partial charge in [-0.15, -0.1) is 0 Å². The second-order valence-electron chi connectivity index (χ2n) is 4.77. The number of hydrogen-bond donors (Lipinski definition) is 1. The molecule has 1 heterocycles. The summed E-state index contributed by atoms with van der Waals surface area (Å²) in [6, 6.07) is 8.52. The minimum atomic E-state index is 0.0513. The summed E-state index contributed by atoms with van der Waals surface area (Å²) in [7, 11) is 1.93. The van der Waals surface area contributed by atoms with Gasteiger partial charge in [-0.3, -0.25) is 9.13 Å². The van der Waals surface area contributed by atoms with Crippen molar-refractivity contribution in [2.24, 2.45) is 0 Å². The number of benzene rings is 1. The molecule has 102 valence electrons. The number of hydrogen-bond acceptors (Lipinski definition) is 2. The quantitative estimate of drug-likeness (QED) is 0.891. The molecule has 0 aliphatic heterocycles. The molecule has 1 atom stereocenters. The van der Waals surface area contributed by atoms with Crippen LogP contribution in [-0.2, 0) is 13.1 Å². The van der Waals surface area contributed by atoms with Gasteiger partial charge < -0.3 is 5.32 Å². The average molecular weight is 259 g/mol. The standard InChI is InChI=1S/C15H21N3O/c1-4-17-8-9-18(15(17)19)11-14(16-3)13-7-5-6-12(2)10-13/h5-10,14,16H,4,11H2,1-3H3. The van der Waals surface area contributed by atoms with E-state index < -0.39 is 0 Å². The lowest BCUT2D eigenvalue weighted by molar-refractivity contribution is 0.484. The van der Waals surface area contributed by atoms with Crippen molar-refractivity contribution in [2.45, 2.75) is 33.0 Å². The van der Waals surface area contributed by atoms with Crippen molar-refractivity contribution in [3.8, 4) is 0 Å². The first-order chi connectivity index (χ1) is 9.15. The van der Waals surface area contributed by atoms with E-state index in [9.17, 15) is 4.79 Å². The van der Waals surface area contributed by atoms with Gasteiger partial charge in [0, 0.05) is 25.5 Å². The number of nitrogens with zero attached hydrogens (tertiary/aromatic N) is 2. The van der Waals surface area contributed by atoms with Gasteiger partial charge in [-0.05, 0) is 26.5 Å². The predicted octanol–water partition coefficient (Wildman–Crippen LogP) is 1.94. The van der Waals surface area contributed by atoms with E-state index in [2.05, 4.69) is 36.5 Å². The van der Waals surface area contributed by atoms with E-state index >= 15 is 0 Å². The van der Waals surface area contributed by atoms with Gasteiger partial charge in [0.25, 0.3) is 0 Å².